The summed E-state index contributed by atoms with van der Waals surface area (Å²) in [5, 5.41) is 19.9. The van der Waals surface area contributed by atoms with Gasteiger partial charge in [-0.15, -0.1) is 0 Å². The van der Waals surface area contributed by atoms with Crippen LogP contribution in [0.4, 0.5) is 0 Å². The second-order valence-electron chi connectivity index (χ2n) is 15.5. The van der Waals surface area contributed by atoms with Gasteiger partial charge >= 0.3 is 0 Å². The predicted octanol–water partition coefficient (Wildman–Crippen LogP) is 16.1. The SMILES string of the molecule is c1ccc2cc3c(cc2c1)oc1c(-c2ccc(-c4cc5ccccc5c5ccccc45)c4ccccc24)ccc(-c2ccc4ccc5cccc6ccc2c4c56)c13. The second-order valence-corrected chi connectivity index (χ2v) is 15.5. The molecule has 0 saturated heterocycles. The van der Waals surface area contributed by atoms with E-state index < -0.39 is 0 Å². The predicted molar refractivity (Wildman–Crippen MR) is 244 cm³/mol. The molecule has 1 nitrogen and oxygen atoms in total. The van der Waals surface area contributed by atoms with Crippen LogP contribution in [0, 0.1) is 0 Å². The van der Waals surface area contributed by atoms with E-state index >= 15 is 0 Å². The maximum Gasteiger partial charge on any atom is 0.143 e. The molecule has 0 aliphatic heterocycles. The average molecular weight is 721 g/mol. The van der Waals surface area contributed by atoms with Crippen molar-refractivity contribution in [2.75, 3.05) is 0 Å². The van der Waals surface area contributed by atoms with Crippen LogP contribution in [0.3, 0.4) is 0 Å². The zero-order chi connectivity index (χ0) is 37.2. The van der Waals surface area contributed by atoms with E-state index in [1.807, 2.05) is 0 Å². The Balaban J connectivity index is 1.11. The fourth-order valence-corrected chi connectivity index (χ4v) is 10.0. The summed E-state index contributed by atoms with van der Waals surface area (Å²) in [7, 11) is 0. The molecule has 0 aliphatic rings. The van der Waals surface area contributed by atoms with Gasteiger partial charge in [0.1, 0.15) is 11.2 Å². The highest BCUT2D eigenvalue weighted by atomic mass is 16.3. The van der Waals surface area contributed by atoms with Crippen molar-refractivity contribution in [3.63, 3.8) is 0 Å². The van der Waals surface area contributed by atoms with Crippen molar-refractivity contribution in [2.45, 2.75) is 0 Å². The van der Waals surface area contributed by atoms with Gasteiger partial charge in [-0.3, -0.25) is 0 Å². The molecular formula is C56H32O. The molecule has 0 aliphatic carbocycles. The highest BCUT2D eigenvalue weighted by Gasteiger charge is 2.22. The van der Waals surface area contributed by atoms with Gasteiger partial charge in [0.2, 0.25) is 0 Å². The monoisotopic (exact) mass is 720 g/mol. The maximum atomic E-state index is 7.10. The third-order valence-electron chi connectivity index (χ3n) is 12.6. The minimum absolute atomic E-state index is 0.902. The van der Waals surface area contributed by atoms with Gasteiger partial charge in [0.25, 0.3) is 0 Å². The Labute approximate surface area is 328 Å². The van der Waals surface area contributed by atoms with Crippen LogP contribution >= 0.6 is 0 Å². The van der Waals surface area contributed by atoms with E-state index in [1.165, 1.54) is 97.7 Å². The minimum Gasteiger partial charge on any atom is -0.455 e. The molecule has 0 radical (unpaired) electrons. The first-order valence-corrected chi connectivity index (χ1v) is 19.7. The van der Waals surface area contributed by atoms with Crippen LogP contribution in [0.5, 0.6) is 0 Å². The third kappa shape index (κ3) is 4.34. The summed E-state index contributed by atoms with van der Waals surface area (Å²) < 4.78 is 7.10. The van der Waals surface area contributed by atoms with Crippen molar-refractivity contribution >= 4 is 97.3 Å². The standard InChI is InChI=1S/C56H32O/c1-2-11-37-32-52-51(30-36(37)10-1)55-48(46-24-22-35-21-20-33-13-9-14-34-23-25-47(46)54(35)53(33)34)28-29-49(56(55)57-52)44-26-27-45(42-18-7-6-17-41(42)44)50-31-38-12-3-4-15-39(38)40-16-5-8-19-43(40)50/h1-32H. The molecule has 0 saturated carbocycles. The summed E-state index contributed by atoms with van der Waals surface area (Å²) in [6.45, 7) is 0. The van der Waals surface area contributed by atoms with Crippen molar-refractivity contribution in [2.24, 2.45) is 0 Å². The van der Waals surface area contributed by atoms with Crippen LogP contribution in [0.15, 0.2) is 199 Å². The molecule has 13 aromatic rings. The van der Waals surface area contributed by atoms with Gasteiger partial charge in [-0.1, -0.05) is 170 Å². The van der Waals surface area contributed by atoms with Crippen LogP contribution < -0.4 is 0 Å². The van der Waals surface area contributed by atoms with Gasteiger partial charge in [0, 0.05) is 16.3 Å². The van der Waals surface area contributed by atoms with Crippen LogP contribution in [-0.2, 0) is 0 Å². The van der Waals surface area contributed by atoms with E-state index in [0.717, 1.165) is 33.1 Å². The number of hydrogen-bond donors (Lipinski definition) is 0. The molecule has 0 atom stereocenters. The number of hydrogen-bond acceptors (Lipinski definition) is 1. The second kappa shape index (κ2) is 11.5. The van der Waals surface area contributed by atoms with E-state index in [2.05, 4.69) is 194 Å². The zero-order valence-corrected chi connectivity index (χ0v) is 30.9. The lowest BCUT2D eigenvalue weighted by Gasteiger charge is -2.17. The first-order valence-electron chi connectivity index (χ1n) is 19.7. The van der Waals surface area contributed by atoms with Crippen LogP contribution in [0.1, 0.15) is 0 Å². The Morgan fingerprint density at radius 2 is 0.719 bits per heavy atom. The molecule has 0 amide bonds. The molecule has 0 bridgehead atoms. The molecule has 57 heavy (non-hydrogen) atoms. The molecule has 1 heterocycles. The van der Waals surface area contributed by atoms with E-state index in [0.29, 0.717) is 0 Å². The van der Waals surface area contributed by atoms with E-state index in [1.54, 1.807) is 0 Å². The van der Waals surface area contributed by atoms with E-state index in [9.17, 15) is 0 Å². The topological polar surface area (TPSA) is 13.1 Å². The molecule has 12 aromatic carbocycles. The number of benzene rings is 12. The van der Waals surface area contributed by atoms with Gasteiger partial charge in [0.05, 0.1) is 0 Å². The van der Waals surface area contributed by atoms with Gasteiger partial charge in [0.15, 0.2) is 0 Å². The van der Waals surface area contributed by atoms with Gasteiger partial charge < -0.3 is 4.42 Å². The van der Waals surface area contributed by atoms with Gasteiger partial charge in [-0.05, 0) is 127 Å². The summed E-state index contributed by atoms with van der Waals surface area (Å²) in [5.74, 6) is 0. The lowest BCUT2D eigenvalue weighted by Crippen LogP contribution is -1.90. The first kappa shape index (κ1) is 30.8. The number of furan rings is 1. The van der Waals surface area contributed by atoms with Crippen LogP contribution in [0.25, 0.3) is 131 Å². The summed E-state index contributed by atoms with van der Waals surface area (Å²) in [6, 6.07) is 71.6. The molecule has 0 fully saturated rings. The van der Waals surface area contributed by atoms with E-state index in [4.69, 9.17) is 4.42 Å². The molecule has 0 spiro atoms. The largest absolute Gasteiger partial charge is 0.455 e. The molecule has 0 unspecified atom stereocenters. The highest BCUT2D eigenvalue weighted by molar-refractivity contribution is 6.28. The van der Waals surface area contributed by atoms with Gasteiger partial charge in [-0.25, -0.2) is 0 Å². The number of fused-ring (bicyclic) bond motifs is 8. The number of rotatable bonds is 3. The van der Waals surface area contributed by atoms with Crippen molar-refractivity contribution < 1.29 is 4.42 Å². The fourth-order valence-electron chi connectivity index (χ4n) is 10.0. The minimum atomic E-state index is 0.902. The maximum absolute atomic E-state index is 7.10. The van der Waals surface area contributed by atoms with Crippen LogP contribution in [-0.4, -0.2) is 0 Å². The lowest BCUT2D eigenvalue weighted by molar-refractivity contribution is 0.670. The molecule has 1 aromatic heterocycles. The smallest absolute Gasteiger partial charge is 0.143 e. The molecular weight excluding hydrogens is 689 g/mol. The van der Waals surface area contributed by atoms with Crippen molar-refractivity contribution in [1.82, 2.24) is 0 Å². The Bertz CT molecular complexity index is 3790. The van der Waals surface area contributed by atoms with Crippen molar-refractivity contribution in [3.8, 4) is 33.4 Å². The molecule has 0 N–H and O–H groups in total. The summed E-state index contributed by atoms with van der Waals surface area (Å²) in [4.78, 5) is 0. The highest BCUT2D eigenvalue weighted by Crippen LogP contribution is 2.48. The Morgan fingerprint density at radius 1 is 0.228 bits per heavy atom. The Kier molecular flexibility index (Phi) is 6.23. The summed E-state index contributed by atoms with van der Waals surface area (Å²) in [5.41, 5.74) is 8.95. The Morgan fingerprint density at radius 3 is 1.47 bits per heavy atom. The molecule has 1 heteroatoms. The average Bonchev–Trinajstić information content (AvgIpc) is 3.65. The van der Waals surface area contributed by atoms with Crippen molar-refractivity contribution in [3.05, 3.63) is 194 Å². The first-order chi connectivity index (χ1) is 28.3. The van der Waals surface area contributed by atoms with Crippen molar-refractivity contribution in [1.29, 1.82) is 0 Å². The lowest BCUT2D eigenvalue weighted by atomic mass is 9.86. The molecule has 13 rings (SSSR count). The van der Waals surface area contributed by atoms with Gasteiger partial charge in [-0.2, -0.15) is 0 Å². The summed E-state index contributed by atoms with van der Waals surface area (Å²) >= 11 is 0. The summed E-state index contributed by atoms with van der Waals surface area (Å²) in [6.07, 6.45) is 0. The normalized spacial score (nSPS) is 12.2. The third-order valence-corrected chi connectivity index (χ3v) is 12.6. The zero-order valence-electron chi connectivity index (χ0n) is 30.9. The van der Waals surface area contributed by atoms with E-state index in [-0.39, 0.29) is 0 Å². The molecule has 262 valence electrons. The fraction of sp³-hybridized carbons (Fsp3) is 0. The Hall–Kier alpha value is -7.48. The quantitative estimate of drug-likeness (QED) is 0.166. The van der Waals surface area contributed by atoms with Crippen LogP contribution in [0.2, 0.25) is 0 Å².